The molecule has 1 saturated heterocycles. The Morgan fingerprint density at radius 1 is 1.26 bits per heavy atom. The predicted molar refractivity (Wildman–Crippen MR) is 134 cm³/mol. The number of pyridine rings is 1. The summed E-state index contributed by atoms with van der Waals surface area (Å²) in [4.78, 5) is 24.9. The van der Waals surface area contributed by atoms with Crippen LogP contribution in [-0.4, -0.2) is 38.2 Å². The number of piperidine rings is 1. The number of hydrogen-bond acceptors (Lipinski definition) is 6. The molecular formula is C25H24ClN7O. The first-order valence-electron chi connectivity index (χ1n) is 11.2. The third kappa shape index (κ3) is 3.83. The van der Waals surface area contributed by atoms with E-state index in [2.05, 4.69) is 20.9 Å². The fourth-order valence-electron chi connectivity index (χ4n) is 4.79. The van der Waals surface area contributed by atoms with Crippen molar-refractivity contribution in [2.24, 2.45) is 5.73 Å². The highest BCUT2D eigenvalue weighted by atomic mass is 35.5. The molecule has 172 valence electrons. The third-order valence-corrected chi connectivity index (χ3v) is 6.50. The van der Waals surface area contributed by atoms with Gasteiger partial charge < -0.3 is 15.2 Å². The first kappa shape index (κ1) is 22.1. The van der Waals surface area contributed by atoms with Gasteiger partial charge in [-0.05, 0) is 24.3 Å². The SMILES string of the molecule is N#Cc1c(N2CCC[C@H](N)C2)n(C/C=C\Cl)c2c(=O)n(Cc3nccc4ccccc34)cnc12. The molecule has 34 heavy (non-hydrogen) atoms. The summed E-state index contributed by atoms with van der Waals surface area (Å²) in [5.41, 5.74) is 9.35. The maximum Gasteiger partial charge on any atom is 0.278 e. The van der Waals surface area contributed by atoms with Crippen LogP contribution in [0.2, 0.25) is 0 Å². The van der Waals surface area contributed by atoms with E-state index < -0.39 is 0 Å². The highest BCUT2D eigenvalue weighted by Crippen LogP contribution is 2.31. The molecule has 1 aliphatic rings. The predicted octanol–water partition coefficient (Wildman–Crippen LogP) is 3.35. The lowest BCUT2D eigenvalue weighted by Gasteiger charge is -2.33. The number of anilines is 1. The highest BCUT2D eigenvalue weighted by molar-refractivity contribution is 6.25. The van der Waals surface area contributed by atoms with E-state index in [4.69, 9.17) is 17.3 Å². The molecule has 1 fully saturated rings. The minimum absolute atomic E-state index is 0.0115. The van der Waals surface area contributed by atoms with E-state index in [9.17, 15) is 10.1 Å². The summed E-state index contributed by atoms with van der Waals surface area (Å²) in [6.45, 7) is 1.99. The van der Waals surface area contributed by atoms with Crippen LogP contribution in [0.15, 0.2) is 59.3 Å². The van der Waals surface area contributed by atoms with E-state index in [0.717, 1.165) is 35.9 Å². The molecule has 1 aliphatic heterocycles. The Kier molecular flexibility index (Phi) is 6.05. The molecule has 4 aromatic rings. The molecule has 2 N–H and O–H groups in total. The minimum Gasteiger partial charge on any atom is -0.355 e. The van der Waals surface area contributed by atoms with E-state index in [1.54, 1.807) is 16.8 Å². The molecule has 0 spiro atoms. The van der Waals surface area contributed by atoms with E-state index in [1.807, 2.05) is 34.9 Å². The van der Waals surface area contributed by atoms with Crippen LogP contribution < -0.4 is 16.2 Å². The lowest BCUT2D eigenvalue weighted by Crippen LogP contribution is -2.44. The molecule has 0 aliphatic carbocycles. The summed E-state index contributed by atoms with van der Waals surface area (Å²) in [6, 6.07) is 12.2. The molecule has 5 rings (SSSR count). The number of nitrogens with two attached hydrogens (primary N) is 1. The van der Waals surface area contributed by atoms with Gasteiger partial charge in [0.1, 0.15) is 28.5 Å². The van der Waals surface area contributed by atoms with Crippen LogP contribution in [0.3, 0.4) is 0 Å². The van der Waals surface area contributed by atoms with Crippen molar-refractivity contribution in [1.82, 2.24) is 19.1 Å². The van der Waals surface area contributed by atoms with Crippen molar-refractivity contribution in [2.45, 2.75) is 32.0 Å². The monoisotopic (exact) mass is 473 g/mol. The number of aromatic nitrogens is 4. The van der Waals surface area contributed by atoms with Crippen molar-refractivity contribution in [1.29, 1.82) is 5.26 Å². The summed E-state index contributed by atoms with van der Waals surface area (Å²) in [5, 5.41) is 12.1. The summed E-state index contributed by atoms with van der Waals surface area (Å²) < 4.78 is 3.39. The van der Waals surface area contributed by atoms with E-state index in [1.165, 1.54) is 11.9 Å². The van der Waals surface area contributed by atoms with Crippen LogP contribution in [0.4, 0.5) is 5.82 Å². The zero-order valence-electron chi connectivity index (χ0n) is 18.6. The summed E-state index contributed by atoms with van der Waals surface area (Å²) >= 11 is 5.84. The Morgan fingerprint density at radius 2 is 2.12 bits per heavy atom. The van der Waals surface area contributed by atoms with Gasteiger partial charge in [-0.1, -0.05) is 41.9 Å². The Labute approximate surface area is 201 Å². The van der Waals surface area contributed by atoms with Crippen LogP contribution in [0.5, 0.6) is 0 Å². The summed E-state index contributed by atoms with van der Waals surface area (Å²) in [6.07, 6.45) is 6.85. The number of allylic oxidation sites excluding steroid dienone is 1. The molecule has 0 unspecified atom stereocenters. The first-order valence-corrected chi connectivity index (χ1v) is 11.7. The topological polar surface area (TPSA) is 106 Å². The second-order valence-corrected chi connectivity index (χ2v) is 8.74. The second-order valence-electron chi connectivity index (χ2n) is 8.48. The Balaban J connectivity index is 1.69. The number of fused-ring (bicyclic) bond motifs is 2. The molecule has 0 radical (unpaired) electrons. The maximum absolute atomic E-state index is 13.7. The van der Waals surface area contributed by atoms with Gasteiger partial charge in [-0.15, -0.1) is 0 Å². The van der Waals surface area contributed by atoms with E-state index in [0.29, 0.717) is 35.5 Å². The van der Waals surface area contributed by atoms with Crippen LogP contribution in [0.1, 0.15) is 24.1 Å². The number of benzene rings is 1. The van der Waals surface area contributed by atoms with Crippen LogP contribution >= 0.6 is 11.6 Å². The lowest BCUT2D eigenvalue weighted by atomic mass is 10.1. The van der Waals surface area contributed by atoms with Crippen LogP contribution in [0, 0.1) is 11.3 Å². The number of halogens is 1. The molecule has 9 heteroatoms. The Bertz CT molecular complexity index is 1490. The fourth-order valence-corrected chi connectivity index (χ4v) is 4.87. The van der Waals surface area contributed by atoms with Gasteiger partial charge in [0.15, 0.2) is 0 Å². The molecule has 0 bridgehead atoms. The lowest BCUT2D eigenvalue weighted by molar-refractivity contribution is 0.499. The Morgan fingerprint density at radius 3 is 2.91 bits per heavy atom. The van der Waals surface area contributed by atoms with Crippen LogP contribution in [0.25, 0.3) is 21.8 Å². The van der Waals surface area contributed by atoms with Gasteiger partial charge in [0, 0.05) is 42.8 Å². The molecule has 4 heterocycles. The van der Waals surface area contributed by atoms with E-state index in [-0.39, 0.29) is 18.1 Å². The largest absolute Gasteiger partial charge is 0.355 e. The minimum atomic E-state index is -0.230. The number of nitriles is 1. The standard InChI is InChI=1S/C25H24ClN7O/c26-9-4-12-33-23-22(20(13-27)24(33)31-11-3-6-18(28)14-31)30-16-32(25(23)34)15-21-19-7-2-1-5-17(19)8-10-29-21/h1-2,4-5,7-10,16,18H,3,6,11-12,14-15,28H2/b9-4-/t18-/m0/s1. The van der Waals surface area contributed by atoms with Gasteiger partial charge in [-0.2, -0.15) is 5.26 Å². The molecule has 0 amide bonds. The second kappa shape index (κ2) is 9.29. The third-order valence-electron chi connectivity index (χ3n) is 6.32. The quantitative estimate of drug-likeness (QED) is 0.476. The van der Waals surface area contributed by atoms with Crippen molar-refractivity contribution < 1.29 is 0 Å². The summed E-state index contributed by atoms with van der Waals surface area (Å²) in [5.74, 6) is 0.674. The average molecular weight is 474 g/mol. The average Bonchev–Trinajstić information content (AvgIpc) is 3.18. The summed E-state index contributed by atoms with van der Waals surface area (Å²) in [7, 11) is 0. The van der Waals surface area contributed by atoms with Crippen molar-refractivity contribution >= 4 is 39.2 Å². The highest BCUT2D eigenvalue weighted by Gasteiger charge is 2.28. The number of nitrogens with zero attached hydrogens (tertiary/aromatic N) is 6. The smallest absolute Gasteiger partial charge is 0.278 e. The molecular weight excluding hydrogens is 450 g/mol. The molecule has 8 nitrogen and oxygen atoms in total. The molecule has 1 aromatic carbocycles. The van der Waals surface area contributed by atoms with Gasteiger partial charge in [0.05, 0.1) is 18.6 Å². The van der Waals surface area contributed by atoms with Gasteiger partial charge in [-0.3, -0.25) is 14.3 Å². The fraction of sp³-hybridized carbons (Fsp3) is 0.280. The van der Waals surface area contributed by atoms with Gasteiger partial charge in [0.25, 0.3) is 5.56 Å². The zero-order valence-corrected chi connectivity index (χ0v) is 19.3. The van der Waals surface area contributed by atoms with E-state index >= 15 is 0 Å². The van der Waals surface area contributed by atoms with Gasteiger partial charge in [-0.25, -0.2) is 4.98 Å². The molecule has 1 atom stereocenters. The zero-order chi connectivity index (χ0) is 23.7. The molecule has 0 saturated carbocycles. The van der Waals surface area contributed by atoms with Gasteiger partial charge >= 0.3 is 0 Å². The number of hydrogen-bond donors (Lipinski definition) is 1. The van der Waals surface area contributed by atoms with Crippen LogP contribution in [-0.2, 0) is 13.1 Å². The van der Waals surface area contributed by atoms with Crippen molar-refractivity contribution in [3.63, 3.8) is 0 Å². The van der Waals surface area contributed by atoms with Gasteiger partial charge in [0.2, 0.25) is 0 Å². The Hall–Kier alpha value is -3.67. The maximum atomic E-state index is 13.7. The van der Waals surface area contributed by atoms with Crippen molar-refractivity contribution in [2.75, 3.05) is 18.0 Å². The number of rotatable bonds is 5. The molecule has 3 aromatic heterocycles. The van der Waals surface area contributed by atoms with Crippen molar-refractivity contribution in [3.05, 3.63) is 76.1 Å². The normalized spacial score (nSPS) is 16.5. The first-order chi connectivity index (χ1) is 16.6. The van der Waals surface area contributed by atoms with Crippen molar-refractivity contribution in [3.8, 4) is 6.07 Å².